The molecule has 1 saturated heterocycles. The molecule has 1 aromatic rings. The lowest BCUT2D eigenvalue weighted by atomic mass is 10.1. The van der Waals surface area contributed by atoms with E-state index in [2.05, 4.69) is 77.1 Å². The van der Waals surface area contributed by atoms with Crippen LogP contribution in [0.4, 0.5) is 5.69 Å². The van der Waals surface area contributed by atoms with Gasteiger partial charge in [0.05, 0.1) is 0 Å². The first-order valence-electron chi connectivity index (χ1n) is 7.32. The van der Waals surface area contributed by atoms with E-state index < -0.39 is 0 Å². The maximum Gasteiger partial charge on any atom is 0.0424 e. The highest BCUT2D eigenvalue weighted by atomic mass is 79.9. The molecule has 0 amide bonds. The smallest absolute Gasteiger partial charge is 0.0424 e. The van der Waals surface area contributed by atoms with E-state index in [1.165, 1.54) is 11.3 Å². The Morgan fingerprint density at radius 2 is 1.80 bits per heavy atom. The van der Waals surface area contributed by atoms with Crippen molar-refractivity contribution in [2.24, 2.45) is 0 Å². The second kappa shape index (κ2) is 6.46. The van der Waals surface area contributed by atoms with Crippen molar-refractivity contribution < 1.29 is 0 Å². The van der Waals surface area contributed by atoms with E-state index in [-0.39, 0.29) is 5.54 Å². The van der Waals surface area contributed by atoms with Gasteiger partial charge in [-0.25, -0.2) is 0 Å². The maximum absolute atomic E-state index is 3.61. The first-order chi connectivity index (χ1) is 9.35. The summed E-state index contributed by atoms with van der Waals surface area (Å²) in [5.41, 5.74) is 2.89. The molecule has 0 aromatic heterocycles. The van der Waals surface area contributed by atoms with Gasteiger partial charge in [-0.3, -0.25) is 0 Å². The molecule has 1 aliphatic rings. The standard InChI is InChI=1S/C16H26BrN3/c1-16(2,3)18-12-13-5-6-14(17)11-15(13)20-9-7-19(4)8-10-20/h5-6,11,18H,7-10,12H2,1-4H3. The number of benzene rings is 1. The highest BCUT2D eigenvalue weighted by Crippen LogP contribution is 2.26. The number of nitrogens with zero attached hydrogens (tertiary/aromatic N) is 2. The average Bonchev–Trinajstić information content (AvgIpc) is 2.37. The number of hydrogen-bond donors (Lipinski definition) is 1. The fourth-order valence-corrected chi connectivity index (χ4v) is 2.74. The second-order valence-electron chi connectivity index (χ2n) is 6.67. The molecule has 20 heavy (non-hydrogen) atoms. The Morgan fingerprint density at radius 3 is 2.40 bits per heavy atom. The molecule has 0 spiro atoms. The number of halogens is 1. The Hall–Kier alpha value is -0.580. The molecule has 4 heteroatoms. The number of hydrogen-bond acceptors (Lipinski definition) is 3. The third kappa shape index (κ3) is 4.47. The minimum absolute atomic E-state index is 0.145. The topological polar surface area (TPSA) is 18.5 Å². The third-order valence-electron chi connectivity index (χ3n) is 3.70. The number of anilines is 1. The van der Waals surface area contributed by atoms with Gasteiger partial charge in [0.2, 0.25) is 0 Å². The van der Waals surface area contributed by atoms with Crippen LogP contribution in [0.15, 0.2) is 22.7 Å². The number of piperazine rings is 1. The molecule has 0 unspecified atom stereocenters. The summed E-state index contributed by atoms with van der Waals surface area (Å²) < 4.78 is 1.16. The van der Waals surface area contributed by atoms with Gasteiger partial charge < -0.3 is 15.1 Å². The first kappa shape index (κ1) is 15.8. The lowest BCUT2D eigenvalue weighted by Crippen LogP contribution is -2.45. The van der Waals surface area contributed by atoms with Crippen LogP contribution < -0.4 is 10.2 Å². The zero-order chi connectivity index (χ0) is 14.8. The Balaban J connectivity index is 2.15. The van der Waals surface area contributed by atoms with E-state index in [1.807, 2.05) is 0 Å². The van der Waals surface area contributed by atoms with Crippen molar-refractivity contribution >= 4 is 21.6 Å². The van der Waals surface area contributed by atoms with Gasteiger partial charge in [0.25, 0.3) is 0 Å². The minimum Gasteiger partial charge on any atom is -0.369 e. The number of nitrogens with one attached hydrogen (secondary N) is 1. The van der Waals surface area contributed by atoms with E-state index in [4.69, 9.17) is 0 Å². The van der Waals surface area contributed by atoms with Crippen LogP contribution in [0.2, 0.25) is 0 Å². The van der Waals surface area contributed by atoms with Crippen molar-refractivity contribution in [2.75, 3.05) is 38.1 Å². The Bertz CT molecular complexity index is 446. The van der Waals surface area contributed by atoms with Crippen LogP contribution in [0, 0.1) is 0 Å². The van der Waals surface area contributed by atoms with E-state index >= 15 is 0 Å². The molecule has 0 bridgehead atoms. The summed E-state index contributed by atoms with van der Waals surface area (Å²) >= 11 is 3.61. The molecule has 0 aliphatic carbocycles. The average molecular weight is 340 g/mol. The van der Waals surface area contributed by atoms with Gasteiger partial charge in [-0.2, -0.15) is 0 Å². The molecule has 0 radical (unpaired) electrons. The largest absolute Gasteiger partial charge is 0.369 e. The van der Waals surface area contributed by atoms with Crippen molar-refractivity contribution in [3.8, 4) is 0 Å². The molecule has 1 aliphatic heterocycles. The molecule has 3 nitrogen and oxygen atoms in total. The van der Waals surface area contributed by atoms with Crippen molar-refractivity contribution in [1.29, 1.82) is 0 Å². The van der Waals surface area contributed by atoms with Crippen LogP contribution in [0.3, 0.4) is 0 Å². The highest BCUT2D eigenvalue weighted by Gasteiger charge is 2.18. The molecular weight excluding hydrogens is 314 g/mol. The quantitative estimate of drug-likeness (QED) is 0.912. The van der Waals surface area contributed by atoms with Crippen LogP contribution in [-0.2, 0) is 6.54 Å². The third-order valence-corrected chi connectivity index (χ3v) is 4.19. The molecule has 2 rings (SSSR count). The molecule has 0 saturated carbocycles. The summed E-state index contributed by atoms with van der Waals surface area (Å²) in [6.07, 6.45) is 0. The molecule has 1 aromatic carbocycles. The minimum atomic E-state index is 0.145. The highest BCUT2D eigenvalue weighted by molar-refractivity contribution is 9.10. The Labute approximate surface area is 131 Å². The summed E-state index contributed by atoms with van der Waals surface area (Å²) in [5.74, 6) is 0. The fourth-order valence-electron chi connectivity index (χ4n) is 2.39. The fraction of sp³-hybridized carbons (Fsp3) is 0.625. The molecule has 112 valence electrons. The van der Waals surface area contributed by atoms with Gasteiger partial charge in [-0.1, -0.05) is 22.0 Å². The molecule has 0 atom stereocenters. The number of rotatable bonds is 3. The Morgan fingerprint density at radius 1 is 1.15 bits per heavy atom. The molecular formula is C16H26BrN3. The van der Waals surface area contributed by atoms with E-state index in [9.17, 15) is 0 Å². The summed E-state index contributed by atoms with van der Waals surface area (Å²) in [6.45, 7) is 12.0. The van der Waals surface area contributed by atoms with Gasteiger partial charge in [-0.15, -0.1) is 0 Å². The lowest BCUT2D eigenvalue weighted by molar-refractivity contribution is 0.312. The predicted molar refractivity (Wildman–Crippen MR) is 90.4 cm³/mol. The molecule has 1 N–H and O–H groups in total. The van der Waals surface area contributed by atoms with Crippen molar-refractivity contribution in [3.05, 3.63) is 28.2 Å². The van der Waals surface area contributed by atoms with E-state index in [1.54, 1.807) is 0 Å². The van der Waals surface area contributed by atoms with Gasteiger partial charge in [0, 0.05) is 48.4 Å². The normalized spacial score (nSPS) is 17.6. The Kier molecular flexibility index (Phi) is 5.10. The lowest BCUT2D eigenvalue weighted by Gasteiger charge is -2.35. The summed E-state index contributed by atoms with van der Waals surface area (Å²) in [5, 5.41) is 3.59. The van der Waals surface area contributed by atoms with Gasteiger partial charge in [0.15, 0.2) is 0 Å². The second-order valence-corrected chi connectivity index (χ2v) is 7.58. The summed E-state index contributed by atoms with van der Waals surface area (Å²) in [6, 6.07) is 6.63. The van der Waals surface area contributed by atoms with Crippen LogP contribution in [0.1, 0.15) is 26.3 Å². The summed E-state index contributed by atoms with van der Waals surface area (Å²) in [4.78, 5) is 4.89. The first-order valence-corrected chi connectivity index (χ1v) is 8.11. The molecule has 1 fully saturated rings. The zero-order valence-corrected chi connectivity index (χ0v) is 14.6. The van der Waals surface area contributed by atoms with Crippen molar-refractivity contribution in [3.63, 3.8) is 0 Å². The van der Waals surface area contributed by atoms with Crippen molar-refractivity contribution in [1.82, 2.24) is 10.2 Å². The van der Waals surface area contributed by atoms with Crippen LogP contribution in [0.5, 0.6) is 0 Å². The zero-order valence-electron chi connectivity index (χ0n) is 13.0. The van der Waals surface area contributed by atoms with E-state index in [0.717, 1.165) is 37.2 Å². The van der Waals surface area contributed by atoms with Gasteiger partial charge in [0.1, 0.15) is 0 Å². The van der Waals surface area contributed by atoms with Gasteiger partial charge >= 0.3 is 0 Å². The maximum atomic E-state index is 3.61. The molecule has 1 heterocycles. The summed E-state index contributed by atoms with van der Waals surface area (Å²) in [7, 11) is 2.19. The van der Waals surface area contributed by atoms with Crippen LogP contribution >= 0.6 is 15.9 Å². The van der Waals surface area contributed by atoms with E-state index in [0.29, 0.717) is 0 Å². The van der Waals surface area contributed by atoms with Crippen LogP contribution in [-0.4, -0.2) is 43.7 Å². The van der Waals surface area contributed by atoms with Gasteiger partial charge in [-0.05, 0) is 45.5 Å². The van der Waals surface area contributed by atoms with Crippen molar-refractivity contribution in [2.45, 2.75) is 32.9 Å². The number of likely N-dealkylation sites (N-methyl/N-ethyl adjacent to an activating group) is 1. The van der Waals surface area contributed by atoms with Crippen LogP contribution in [0.25, 0.3) is 0 Å². The monoisotopic (exact) mass is 339 g/mol. The SMILES string of the molecule is CN1CCN(c2cc(Br)ccc2CNC(C)(C)C)CC1. The predicted octanol–water partition coefficient (Wildman–Crippen LogP) is 3.09.